The number of rotatable bonds is 4. The van der Waals surface area contributed by atoms with Crippen LogP contribution < -0.4 is 0 Å². The molecule has 5 rings (SSSR count). The Bertz CT molecular complexity index is 1320. The number of benzene rings is 2. The summed E-state index contributed by atoms with van der Waals surface area (Å²) in [6.45, 7) is 8.70. The van der Waals surface area contributed by atoms with Gasteiger partial charge in [0.1, 0.15) is 0 Å². The van der Waals surface area contributed by atoms with Crippen LogP contribution in [0.1, 0.15) is 50.4 Å². The van der Waals surface area contributed by atoms with Gasteiger partial charge in [0, 0.05) is 26.9 Å². The van der Waals surface area contributed by atoms with Crippen LogP contribution in [0.15, 0.2) is 61.6 Å². The third-order valence-electron chi connectivity index (χ3n) is 7.16. The fourth-order valence-electron chi connectivity index (χ4n) is 6.25. The molecule has 6 nitrogen and oxygen atoms in total. The van der Waals surface area contributed by atoms with Gasteiger partial charge in [-0.2, -0.15) is 0 Å². The number of fused-ring (bicyclic) bond motifs is 3. The van der Waals surface area contributed by atoms with Crippen molar-refractivity contribution in [2.75, 3.05) is 6.54 Å². The van der Waals surface area contributed by atoms with E-state index in [2.05, 4.69) is 67.8 Å². The largest absolute Gasteiger partial charge is 0.493 e. The average molecular weight is 588 g/mol. The van der Waals surface area contributed by atoms with Crippen molar-refractivity contribution in [1.82, 2.24) is 9.47 Å². The second-order valence-electron chi connectivity index (χ2n) is 10.8. The molecule has 1 amide bonds. The molecule has 2 unspecified atom stereocenters. The lowest BCUT2D eigenvalue weighted by Gasteiger charge is -2.40. The molecular formula is C26H28Br2N4O2. The van der Waals surface area contributed by atoms with Crippen molar-refractivity contribution in [3.05, 3.63) is 57.0 Å². The van der Waals surface area contributed by atoms with Crippen LogP contribution in [0.25, 0.3) is 10.9 Å². The third kappa shape index (κ3) is 4.36. The summed E-state index contributed by atoms with van der Waals surface area (Å²) in [5, 5.41) is 20.2. The first kappa shape index (κ1) is 23.7. The molecule has 2 atom stereocenters. The molecule has 0 spiro atoms. The molecule has 1 N–H and O–H groups in total. The number of aromatic nitrogens is 1. The van der Waals surface area contributed by atoms with Crippen LogP contribution in [0, 0.1) is 10.8 Å². The maximum atomic E-state index is 12.7. The number of carbonyl (C=O) groups is 1. The Balaban J connectivity index is 1.50. The van der Waals surface area contributed by atoms with Crippen LogP contribution >= 0.6 is 31.9 Å². The van der Waals surface area contributed by atoms with E-state index >= 15 is 0 Å². The summed E-state index contributed by atoms with van der Waals surface area (Å²) in [6.07, 6.45) is 3.56. The van der Waals surface area contributed by atoms with E-state index in [0.29, 0.717) is 39.3 Å². The number of likely N-dealkylation sites (tertiary alicyclic amines) is 1. The van der Waals surface area contributed by atoms with Crippen LogP contribution in [0.5, 0.6) is 5.88 Å². The molecule has 3 aromatic rings. The standard InChI is InChI=1S/C26H28Br2N4O2/c1-25(2)11-17-12-26(3,13-25)14-31(17)15-32-21-9-8-16(27)10-19(21)22(24(32)34)29-30-23(33)18-6-4-5-7-20(18)28/h4-10,17,34H,11-15H2,1-3H3. The molecule has 8 heteroatoms. The van der Waals surface area contributed by atoms with E-state index < -0.39 is 5.91 Å². The van der Waals surface area contributed by atoms with Crippen LogP contribution in [0.2, 0.25) is 0 Å². The number of hydrogen-bond acceptors (Lipinski definition) is 4. The van der Waals surface area contributed by atoms with E-state index in [9.17, 15) is 9.90 Å². The van der Waals surface area contributed by atoms with Gasteiger partial charge in [-0.3, -0.25) is 14.3 Å². The molecule has 0 radical (unpaired) electrons. The fraction of sp³-hybridized carbons (Fsp3) is 0.423. The van der Waals surface area contributed by atoms with Gasteiger partial charge < -0.3 is 5.11 Å². The highest BCUT2D eigenvalue weighted by molar-refractivity contribution is 9.10. The summed E-state index contributed by atoms with van der Waals surface area (Å²) in [7, 11) is 0. The van der Waals surface area contributed by atoms with Gasteiger partial charge in [-0.25, -0.2) is 0 Å². The normalized spacial score (nSPS) is 24.3. The minimum atomic E-state index is -0.466. The molecule has 1 saturated heterocycles. The Morgan fingerprint density at radius 3 is 2.68 bits per heavy atom. The van der Waals surface area contributed by atoms with Crippen LogP contribution in [-0.2, 0) is 6.67 Å². The smallest absolute Gasteiger partial charge is 0.296 e. The summed E-state index contributed by atoms with van der Waals surface area (Å²) in [5.74, 6) is -0.436. The molecule has 178 valence electrons. The van der Waals surface area contributed by atoms with Crippen molar-refractivity contribution in [1.29, 1.82) is 0 Å². The topological polar surface area (TPSA) is 70.2 Å². The van der Waals surface area contributed by atoms with Gasteiger partial charge in [0.15, 0.2) is 5.69 Å². The number of halogens is 2. The summed E-state index contributed by atoms with van der Waals surface area (Å²) < 4.78 is 3.43. The molecule has 34 heavy (non-hydrogen) atoms. The summed E-state index contributed by atoms with van der Waals surface area (Å²) in [6, 6.07) is 13.4. The number of carbonyl (C=O) groups excluding carboxylic acids is 1. The Hall–Kier alpha value is -2.03. The maximum Gasteiger partial charge on any atom is 0.296 e. The molecule has 1 saturated carbocycles. The molecule has 1 aromatic heterocycles. The molecule has 2 fully saturated rings. The first-order valence-electron chi connectivity index (χ1n) is 11.5. The zero-order chi connectivity index (χ0) is 24.3. The molecule has 1 aliphatic heterocycles. The number of nitrogens with zero attached hydrogens (tertiary/aromatic N) is 4. The van der Waals surface area contributed by atoms with Crippen molar-refractivity contribution in [3.63, 3.8) is 0 Å². The van der Waals surface area contributed by atoms with Gasteiger partial charge >= 0.3 is 0 Å². The molecule has 2 bridgehead atoms. The van der Waals surface area contributed by atoms with Gasteiger partial charge in [-0.1, -0.05) is 48.8 Å². The van der Waals surface area contributed by atoms with E-state index in [1.807, 2.05) is 28.8 Å². The Kier molecular flexibility index (Phi) is 5.97. The van der Waals surface area contributed by atoms with E-state index in [-0.39, 0.29) is 5.88 Å². The van der Waals surface area contributed by atoms with Crippen LogP contribution in [0.3, 0.4) is 0 Å². The SMILES string of the molecule is CC1(C)CC2CC(C)(CN2Cn2c(O)c(N=NC(=O)c3ccccc3Br)c3cc(Br)ccc32)C1. The van der Waals surface area contributed by atoms with Gasteiger partial charge in [-0.15, -0.1) is 10.2 Å². The molecule has 2 aromatic carbocycles. The molecular weight excluding hydrogens is 560 g/mol. The summed E-state index contributed by atoms with van der Waals surface area (Å²) in [4.78, 5) is 15.2. The minimum absolute atomic E-state index is 0.0302. The number of aromatic hydroxyl groups is 1. The molecule has 2 heterocycles. The quantitative estimate of drug-likeness (QED) is 0.319. The fourth-order valence-corrected chi connectivity index (χ4v) is 7.06. The zero-order valence-electron chi connectivity index (χ0n) is 19.6. The Labute approximate surface area is 216 Å². The van der Waals surface area contributed by atoms with Gasteiger partial charge in [-0.05, 0) is 76.4 Å². The minimum Gasteiger partial charge on any atom is -0.493 e. The maximum absolute atomic E-state index is 12.7. The lowest BCUT2D eigenvalue weighted by atomic mass is 9.65. The van der Waals surface area contributed by atoms with Crippen molar-refractivity contribution in [2.45, 2.75) is 52.7 Å². The predicted octanol–water partition coefficient (Wildman–Crippen LogP) is 7.65. The van der Waals surface area contributed by atoms with Gasteiger partial charge in [0.05, 0.1) is 17.7 Å². The lowest BCUT2D eigenvalue weighted by molar-refractivity contribution is 0.0994. The number of amides is 1. The van der Waals surface area contributed by atoms with Gasteiger partial charge in [0.25, 0.3) is 5.91 Å². The zero-order valence-corrected chi connectivity index (χ0v) is 22.7. The summed E-state index contributed by atoms with van der Waals surface area (Å²) >= 11 is 6.91. The van der Waals surface area contributed by atoms with Crippen LogP contribution in [0.4, 0.5) is 5.69 Å². The third-order valence-corrected chi connectivity index (χ3v) is 8.35. The second kappa shape index (κ2) is 8.57. The predicted molar refractivity (Wildman–Crippen MR) is 141 cm³/mol. The van der Waals surface area contributed by atoms with Crippen LogP contribution in [-0.4, -0.2) is 33.1 Å². The number of hydrogen-bond donors (Lipinski definition) is 1. The molecule has 1 aliphatic carbocycles. The second-order valence-corrected chi connectivity index (χ2v) is 12.6. The lowest BCUT2D eigenvalue weighted by Crippen LogP contribution is -2.35. The monoisotopic (exact) mass is 586 g/mol. The van der Waals surface area contributed by atoms with E-state index in [4.69, 9.17) is 0 Å². The average Bonchev–Trinajstić information content (AvgIpc) is 3.14. The highest BCUT2D eigenvalue weighted by atomic mass is 79.9. The van der Waals surface area contributed by atoms with Gasteiger partial charge in [0.2, 0.25) is 5.88 Å². The van der Waals surface area contributed by atoms with Crippen molar-refractivity contribution >= 4 is 54.4 Å². The highest BCUT2D eigenvalue weighted by Gasteiger charge is 2.49. The van der Waals surface area contributed by atoms with Crippen molar-refractivity contribution in [2.24, 2.45) is 21.1 Å². The van der Waals surface area contributed by atoms with E-state index in [0.717, 1.165) is 28.3 Å². The first-order chi connectivity index (χ1) is 16.1. The Morgan fingerprint density at radius 2 is 1.91 bits per heavy atom. The van der Waals surface area contributed by atoms with Crippen molar-refractivity contribution in [3.8, 4) is 5.88 Å². The van der Waals surface area contributed by atoms with E-state index in [1.54, 1.807) is 18.2 Å². The molecule has 2 aliphatic rings. The highest BCUT2D eigenvalue weighted by Crippen LogP contribution is 2.53. The van der Waals surface area contributed by atoms with Crippen molar-refractivity contribution < 1.29 is 9.90 Å². The first-order valence-corrected chi connectivity index (χ1v) is 13.1. The number of azo groups is 1. The summed E-state index contributed by atoms with van der Waals surface area (Å²) in [5.41, 5.74) is 2.23. The Morgan fingerprint density at radius 1 is 1.15 bits per heavy atom. The van der Waals surface area contributed by atoms with E-state index in [1.165, 1.54) is 12.8 Å².